The van der Waals surface area contributed by atoms with E-state index in [-0.39, 0.29) is 5.84 Å². The molecule has 1 heterocycles. The maximum absolute atomic E-state index is 10.3. The maximum Gasteiger partial charge on any atom is 0.293 e. The highest BCUT2D eigenvalue weighted by Crippen LogP contribution is 2.82. The number of ether oxygens (including phenoxy) is 2. The Kier molecular flexibility index (Phi) is 4.76. The lowest BCUT2D eigenvalue weighted by atomic mass is 9.92. The van der Waals surface area contributed by atoms with Gasteiger partial charge in [-0.1, -0.05) is 37.6 Å². The largest absolute Gasteiger partial charge is 0.386 e. The molecule has 2 N–H and O–H groups in total. The van der Waals surface area contributed by atoms with Gasteiger partial charge in [0.2, 0.25) is 0 Å². The van der Waals surface area contributed by atoms with Gasteiger partial charge >= 0.3 is 0 Å². The molecule has 0 bridgehead atoms. The standard InChI is InChI=1S/C21H26N4O2/c1-5-9-26-21(27-10-6-2)20(13-23)17(19(20,12-22)18(24)25-21)16-8-7-14(3)11-15(16)4/h7-8,11,17H,5-6,9-10H2,1-4H3,(H2,24,25). The van der Waals surface area contributed by atoms with Crippen LogP contribution in [0, 0.1) is 47.3 Å². The van der Waals surface area contributed by atoms with Crippen molar-refractivity contribution >= 4 is 5.84 Å². The second-order valence-electron chi connectivity index (χ2n) is 7.41. The molecule has 142 valence electrons. The fourth-order valence-corrected chi connectivity index (χ4v) is 4.46. The Balaban J connectivity index is 2.20. The average molecular weight is 366 g/mol. The number of amidine groups is 1. The molecule has 0 amide bonds. The van der Waals surface area contributed by atoms with Gasteiger partial charge in [-0.25, -0.2) is 4.99 Å². The van der Waals surface area contributed by atoms with E-state index in [0.717, 1.165) is 29.5 Å². The first-order valence-electron chi connectivity index (χ1n) is 9.44. The van der Waals surface area contributed by atoms with Crippen LogP contribution >= 0.6 is 0 Å². The lowest BCUT2D eigenvalue weighted by molar-refractivity contribution is -0.259. The third kappa shape index (κ3) is 2.27. The van der Waals surface area contributed by atoms with Gasteiger partial charge in [-0.2, -0.15) is 10.5 Å². The van der Waals surface area contributed by atoms with E-state index in [1.165, 1.54) is 0 Å². The number of hydrogen-bond donors (Lipinski definition) is 1. The van der Waals surface area contributed by atoms with Gasteiger partial charge in [0.1, 0.15) is 11.3 Å². The van der Waals surface area contributed by atoms with Gasteiger partial charge in [-0.15, -0.1) is 0 Å². The Bertz CT molecular complexity index is 858. The van der Waals surface area contributed by atoms with Gasteiger partial charge < -0.3 is 15.2 Å². The van der Waals surface area contributed by atoms with Gasteiger partial charge in [0.05, 0.1) is 25.4 Å². The molecule has 6 nitrogen and oxygen atoms in total. The van der Waals surface area contributed by atoms with Gasteiger partial charge in [0.15, 0.2) is 5.41 Å². The summed E-state index contributed by atoms with van der Waals surface area (Å²) in [5.41, 5.74) is 6.81. The lowest BCUT2D eigenvalue weighted by Crippen LogP contribution is -2.44. The monoisotopic (exact) mass is 366 g/mol. The lowest BCUT2D eigenvalue weighted by Gasteiger charge is -2.32. The SMILES string of the molecule is CCCOC1(OCCC)N=C(N)C2(C#N)C(c3ccc(C)cc3C)C12C#N. The third-order valence-electron chi connectivity index (χ3n) is 5.67. The fraction of sp³-hybridized carbons (Fsp3) is 0.571. The number of fused-ring (bicyclic) bond motifs is 1. The number of nitrogens with two attached hydrogens (primary N) is 1. The van der Waals surface area contributed by atoms with Crippen LogP contribution in [0.25, 0.3) is 0 Å². The number of aryl methyl sites for hydroxylation is 2. The molecule has 1 aliphatic carbocycles. The fourth-order valence-electron chi connectivity index (χ4n) is 4.46. The highest BCUT2D eigenvalue weighted by molar-refractivity contribution is 6.00. The van der Waals surface area contributed by atoms with Crippen molar-refractivity contribution in [3.05, 3.63) is 34.9 Å². The second kappa shape index (κ2) is 6.64. The molecule has 0 aromatic heterocycles. The smallest absolute Gasteiger partial charge is 0.293 e. The second-order valence-corrected chi connectivity index (χ2v) is 7.41. The number of benzene rings is 1. The quantitative estimate of drug-likeness (QED) is 0.746. The third-order valence-corrected chi connectivity index (χ3v) is 5.67. The van der Waals surface area contributed by atoms with Crippen molar-refractivity contribution in [1.29, 1.82) is 10.5 Å². The number of nitrogens with zero attached hydrogens (tertiary/aromatic N) is 3. The van der Waals surface area contributed by atoms with Crippen LogP contribution in [0.4, 0.5) is 0 Å². The average Bonchev–Trinajstić information content (AvgIpc) is 3.21. The van der Waals surface area contributed by atoms with Crippen molar-refractivity contribution < 1.29 is 9.47 Å². The van der Waals surface area contributed by atoms with E-state index in [2.05, 4.69) is 17.1 Å². The van der Waals surface area contributed by atoms with Crippen LogP contribution in [0.2, 0.25) is 0 Å². The van der Waals surface area contributed by atoms with Crippen LogP contribution < -0.4 is 5.73 Å². The van der Waals surface area contributed by atoms with Crippen LogP contribution in [0.5, 0.6) is 0 Å². The highest BCUT2D eigenvalue weighted by atomic mass is 16.7. The van der Waals surface area contributed by atoms with Crippen LogP contribution in [0.1, 0.15) is 49.3 Å². The molecule has 1 fully saturated rings. The van der Waals surface area contributed by atoms with Crippen molar-refractivity contribution in [2.24, 2.45) is 21.6 Å². The molecular weight excluding hydrogens is 340 g/mol. The normalized spacial score (nSPS) is 30.1. The summed E-state index contributed by atoms with van der Waals surface area (Å²) in [6.45, 7) is 8.68. The zero-order valence-corrected chi connectivity index (χ0v) is 16.4. The number of nitriles is 2. The molecule has 3 unspecified atom stereocenters. The molecule has 1 saturated carbocycles. The summed E-state index contributed by atoms with van der Waals surface area (Å²) in [5.74, 6) is -1.86. The minimum absolute atomic E-state index is 0.128. The first kappa shape index (κ1) is 19.4. The predicted octanol–water partition coefficient (Wildman–Crippen LogP) is 3.30. The van der Waals surface area contributed by atoms with E-state index < -0.39 is 22.7 Å². The molecular formula is C21H26N4O2. The van der Waals surface area contributed by atoms with Crippen molar-refractivity contribution in [1.82, 2.24) is 0 Å². The molecule has 27 heavy (non-hydrogen) atoms. The van der Waals surface area contributed by atoms with E-state index >= 15 is 0 Å². The van der Waals surface area contributed by atoms with E-state index in [0.29, 0.717) is 13.2 Å². The molecule has 1 aliphatic heterocycles. The van der Waals surface area contributed by atoms with Gasteiger partial charge in [0.25, 0.3) is 5.91 Å². The number of aliphatic imine (C=N–C) groups is 1. The number of rotatable bonds is 7. The molecule has 2 aliphatic rings. The van der Waals surface area contributed by atoms with Gasteiger partial charge in [-0.3, -0.25) is 0 Å². The van der Waals surface area contributed by atoms with Crippen molar-refractivity contribution in [3.8, 4) is 12.1 Å². The first-order valence-corrected chi connectivity index (χ1v) is 9.44. The molecule has 1 aromatic carbocycles. The molecule has 0 spiro atoms. The predicted molar refractivity (Wildman–Crippen MR) is 102 cm³/mol. The summed E-state index contributed by atoms with van der Waals surface area (Å²) in [5, 5.41) is 20.4. The zero-order valence-electron chi connectivity index (χ0n) is 16.4. The Morgan fingerprint density at radius 3 is 2.22 bits per heavy atom. The molecule has 3 atom stereocenters. The van der Waals surface area contributed by atoms with Crippen molar-refractivity contribution in [2.45, 2.75) is 52.4 Å². The Hall–Kier alpha value is -2.41. The van der Waals surface area contributed by atoms with E-state index in [4.69, 9.17) is 15.2 Å². The molecule has 6 heteroatoms. The van der Waals surface area contributed by atoms with Crippen molar-refractivity contribution in [3.63, 3.8) is 0 Å². The van der Waals surface area contributed by atoms with E-state index in [1.807, 2.05) is 45.9 Å². The summed E-state index contributed by atoms with van der Waals surface area (Å²) in [4.78, 5) is 4.44. The van der Waals surface area contributed by atoms with E-state index in [1.54, 1.807) is 0 Å². The van der Waals surface area contributed by atoms with Crippen LogP contribution in [0.15, 0.2) is 23.2 Å². The van der Waals surface area contributed by atoms with Gasteiger partial charge in [0, 0.05) is 5.92 Å². The maximum atomic E-state index is 10.3. The minimum atomic E-state index is -1.55. The Labute approximate surface area is 160 Å². The molecule has 0 radical (unpaired) electrons. The van der Waals surface area contributed by atoms with Crippen LogP contribution in [0.3, 0.4) is 0 Å². The summed E-state index contributed by atoms with van der Waals surface area (Å²) in [6.07, 6.45) is 1.48. The zero-order chi connectivity index (χ0) is 19.9. The minimum Gasteiger partial charge on any atom is -0.386 e. The highest BCUT2D eigenvalue weighted by Gasteiger charge is 2.93. The molecule has 0 saturated heterocycles. The van der Waals surface area contributed by atoms with Gasteiger partial charge in [-0.05, 0) is 37.8 Å². The summed E-state index contributed by atoms with van der Waals surface area (Å²) < 4.78 is 12.1. The summed E-state index contributed by atoms with van der Waals surface area (Å²) in [7, 11) is 0. The molecule has 3 rings (SSSR count). The van der Waals surface area contributed by atoms with E-state index in [9.17, 15) is 10.5 Å². The summed E-state index contributed by atoms with van der Waals surface area (Å²) >= 11 is 0. The van der Waals surface area contributed by atoms with Crippen LogP contribution in [-0.2, 0) is 9.47 Å². The van der Waals surface area contributed by atoms with Crippen molar-refractivity contribution in [2.75, 3.05) is 13.2 Å². The Morgan fingerprint density at radius 2 is 1.74 bits per heavy atom. The number of hydrogen-bond acceptors (Lipinski definition) is 6. The summed E-state index contributed by atoms with van der Waals surface area (Å²) in [6, 6.07) is 10.7. The Morgan fingerprint density at radius 1 is 1.11 bits per heavy atom. The topological polar surface area (TPSA) is 104 Å². The molecule has 1 aromatic rings. The first-order chi connectivity index (χ1) is 12.9. The van der Waals surface area contributed by atoms with Crippen LogP contribution in [-0.4, -0.2) is 25.0 Å².